The molecule has 1 saturated heterocycles. The average Bonchev–Trinajstić information content (AvgIpc) is 2.37. The number of carbonyl (C=O) groups excluding carboxylic acids is 1. The number of halogens is 1. The van der Waals surface area contributed by atoms with Gasteiger partial charge in [-0.3, -0.25) is 4.79 Å². The Bertz CT molecular complexity index is 450. The third-order valence-electron chi connectivity index (χ3n) is 3.16. The Morgan fingerprint density at radius 2 is 2.33 bits per heavy atom. The van der Waals surface area contributed by atoms with E-state index in [-0.39, 0.29) is 5.56 Å². The summed E-state index contributed by atoms with van der Waals surface area (Å²) in [4.78, 5) is 13.5. The van der Waals surface area contributed by atoms with Crippen LogP contribution in [0.1, 0.15) is 17.3 Å². The molecule has 1 aliphatic heterocycles. The van der Waals surface area contributed by atoms with Gasteiger partial charge in [-0.2, -0.15) is 0 Å². The summed E-state index contributed by atoms with van der Waals surface area (Å²) < 4.78 is 13.8. The maximum absolute atomic E-state index is 13.8. The first kappa shape index (κ1) is 12.8. The molecule has 5 heteroatoms. The Morgan fingerprint density at radius 3 is 2.94 bits per heavy atom. The smallest absolute Gasteiger partial charge is 0.253 e. The zero-order valence-electron chi connectivity index (χ0n) is 10.7. The van der Waals surface area contributed by atoms with Crippen molar-refractivity contribution >= 4 is 11.6 Å². The quantitative estimate of drug-likeness (QED) is 0.823. The van der Waals surface area contributed by atoms with Crippen molar-refractivity contribution in [2.45, 2.75) is 13.0 Å². The molecule has 0 unspecified atom stereocenters. The van der Waals surface area contributed by atoms with Crippen LogP contribution in [0.5, 0.6) is 0 Å². The van der Waals surface area contributed by atoms with Crippen LogP contribution in [-0.4, -0.2) is 38.6 Å². The molecule has 4 nitrogen and oxygen atoms in total. The molecular formula is C13H18FN3O. The number of hydrogen-bond acceptors (Lipinski definition) is 3. The Labute approximate surface area is 106 Å². The van der Waals surface area contributed by atoms with Gasteiger partial charge in [-0.25, -0.2) is 4.39 Å². The number of piperazine rings is 1. The highest BCUT2D eigenvalue weighted by Crippen LogP contribution is 2.20. The van der Waals surface area contributed by atoms with E-state index in [2.05, 4.69) is 22.5 Å². The standard InChI is InChI=1S/C13H18FN3O/c1-9-8-17(6-5-16-9)10-3-4-11(12(14)7-10)13(18)15-2/h3-4,7,9,16H,5-6,8H2,1-2H3,(H,15,18)/t9-/m1/s1. The highest BCUT2D eigenvalue weighted by Gasteiger charge is 2.18. The molecule has 0 bridgehead atoms. The summed E-state index contributed by atoms with van der Waals surface area (Å²) in [5.74, 6) is -0.870. The van der Waals surface area contributed by atoms with Crippen LogP contribution in [-0.2, 0) is 0 Å². The molecule has 98 valence electrons. The molecule has 1 aromatic carbocycles. The minimum atomic E-state index is -0.474. The fourth-order valence-corrected chi connectivity index (χ4v) is 2.19. The lowest BCUT2D eigenvalue weighted by Crippen LogP contribution is -2.49. The second-order valence-corrected chi connectivity index (χ2v) is 4.54. The minimum absolute atomic E-state index is 0.0874. The lowest BCUT2D eigenvalue weighted by Gasteiger charge is -2.33. The van der Waals surface area contributed by atoms with E-state index in [0.717, 1.165) is 25.3 Å². The molecule has 18 heavy (non-hydrogen) atoms. The summed E-state index contributed by atoms with van der Waals surface area (Å²) in [6, 6.07) is 5.16. The zero-order valence-corrected chi connectivity index (χ0v) is 10.7. The zero-order chi connectivity index (χ0) is 13.1. The van der Waals surface area contributed by atoms with Crippen molar-refractivity contribution < 1.29 is 9.18 Å². The molecular weight excluding hydrogens is 233 g/mol. The van der Waals surface area contributed by atoms with Gasteiger partial charge in [-0.15, -0.1) is 0 Å². The van der Waals surface area contributed by atoms with Gasteiger partial charge in [0.1, 0.15) is 5.82 Å². The van der Waals surface area contributed by atoms with E-state index in [1.165, 1.54) is 19.2 Å². The predicted octanol–water partition coefficient (Wildman–Crippen LogP) is 0.983. The highest BCUT2D eigenvalue weighted by molar-refractivity contribution is 5.94. The normalized spacial score (nSPS) is 19.7. The minimum Gasteiger partial charge on any atom is -0.369 e. The number of amides is 1. The van der Waals surface area contributed by atoms with Crippen LogP contribution in [0.15, 0.2) is 18.2 Å². The van der Waals surface area contributed by atoms with Gasteiger partial charge in [0, 0.05) is 38.4 Å². The predicted molar refractivity (Wildman–Crippen MR) is 69.5 cm³/mol. The van der Waals surface area contributed by atoms with Crippen molar-refractivity contribution in [3.8, 4) is 0 Å². The molecule has 1 aromatic rings. The number of nitrogens with one attached hydrogen (secondary N) is 2. The van der Waals surface area contributed by atoms with Gasteiger partial charge in [-0.05, 0) is 25.1 Å². The number of nitrogens with zero attached hydrogens (tertiary/aromatic N) is 1. The molecule has 1 heterocycles. The Morgan fingerprint density at radius 1 is 1.56 bits per heavy atom. The largest absolute Gasteiger partial charge is 0.369 e. The Hall–Kier alpha value is -1.62. The number of benzene rings is 1. The van der Waals surface area contributed by atoms with Crippen LogP contribution in [0.2, 0.25) is 0 Å². The molecule has 1 aliphatic rings. The first-order valence-electron chi connectivity index (χ1n) is 6.12. The van der Waals surface area contributed by atoms with Crippen molar-refractivity contribution in [3.63, 3.8) is 0 Å². The summed E-state index contributed by atoms with van der Waals surface area (Å²) in [5, 5.41) is 5.76. The van der Waals surface area contributed by atoms with Crippen molar-refractivity contribution in [2.24, 2.45) is 0 Å². The summed E-state index contributed by atoms with van der Waals surface area (Å²) >= 11 is 0. The van der Waals surface area contributed by atoms with E-state index in [0.29, 0.717) is 6.04 Å². The lowest BCUT2D eigenvalue weighted by molar-refractivity contribution is 0.0959. The van der Waals surface area contributed by atoms with Gasteiger partial charge in [0.05, 0.1) is 5.56 Å². The summed E-state index contributed by atoms with van der Waals surface area (Å²) in [6.07, 6.45) is 0. The molecule has 1 fully saturated rings. The van der Waals surface area contributed by atoms with Crippen molar-refractivity contribution in [3.05, 3.63) is 29.6 Å². The third-order valence-corrected chi connectivity index (χ3v) is 3.16. The van der Waals surface area contributed by atoms with Crippen LogP contribution in [0, 0.1) is 5.82 Å². The maximum Gasteiger partial charge on any atom is 0.253 e. The SMILES string of the molecule is CNC(=O)c1ccc(N2CCN[C@H](C)C2)cc1F. The molecule has 1 atom stereocenters. The average molecular weight is 251 g/mol. The van der Waals surface area contributed by atoms with E-state index in [9.17, 15) is 9.18 Å². The van der Waals surface area contributed by atoms with Crippen LogP contribution in [0.4, 0.5) is 10.1 Å². The van der Waals surface area contributed by atoms with E-state index in [1.54, 1.807) is 6.07 Å². The second kappa shape index (κ2) is 5.35. The van der Waals surface area contributed by atoms with Crippen LogP contribution in [0.25, 0.3) is 0 Å². The molecule has 0 aromatic heterocycles. The number of carbonyl (C=O) groups is 1. The molecule has 0 radical (unpaired) electrons. The molecule has 1 amide bonds. The monoisotopic (exact) mass is 251 g/mol. The summed E-state index contributed by atoms with van der Waals surface area (Å²) in [6.45, 7) is 4.68. The van der Waals surface area contributed by atoms with Gasteiger partial charge in [0.25, 0.3) is 5.91 Å². The Kier molecular flexibility index (Phi) is 3.81. The van der Waals surface area contributed by atoms with Gasteiger partial charge in [0.15, 0.2) is 0 Å². The topological polar surface area (TPSA) is 44.4 Å². The van der Waals surface area contributed by atoms with Gasteiger partial charge in [-0.1, -0.05) is 0 Å². The van der Waals surface area contributed by atoms with Gasteiger partial charge in [0.2, 0.25) is 0 Å². The lowest BCUT2D eigenvalue weighted by atomic mass is 10.1. The highest BCUT2D eigenvalue weighted by atomic mass is 19.1. The molecule has 0 spiro atoms. The summed E-state index contributed by atoms with van der Waals surface area (Å²) in [7, 11) is 1.49. The van der Waals surface area contributed by atoms with E-state index < -0.39 is 11.7 Å². The van der Waals surface area contributed by atoms with Crippen LogP contribution in [0.3, 0.4) is 0 Å². The Balaban J connectivity index is 2.20. The fraction of sp³-hybridized carbons (Fsp3) is 0.462. The summed E-state index contributed by atoms with van der Waals surface area (Å²) in [5.41, 5.74) is 0.915. The molecule has 2 N–H and O–H groups in total. The second-order valence-electron chi connectivity index (χ2n) is 4.54. The van der Waals surface area contributed by atoms with Gasteiger partial charge >= 0.3 is 0 Å². The van der Waals surface area contributed by atoms with Crippen LogP contribution >= 0.6 is 0 Å². The van der Waals surface area contributed by atoms with Crippen molar-refractivity contribution in [1.29, 1.82) is 0 Å². The molecule has 2 rings (SSSR count). The molecule has 0 saturated carbocycles. The maximum atomic E-state index is 13.8. The first-order valence-corrected chi connectivity index (χ1v) is 6.12. The van der Waals surface area contributed by atoms with E-state index in [4.69, 9.17) is 0 Å². The van der Waals surface area contributed by atoms with Crippen LogP contribution < -0.4 is 15.5 Å². The van der Waals surface area contributed by atoms with E-state index >= 15 is 0 Å². The van der Waals surface area contributed by atoms with Crippen molar-refractivity contribution in [1.82, 2.24) is 10.6 Å². The van der Waals surface area contributed by atoms with E-state index in [1.807, 2.05) is 0 Å². The fourth-order valence-electron chi connectivity index (χ4n) is 2.19. The third kappa shape index (κ3) is 2.61. The number of rotatable bonds is 2. The molecule has 0 aliphatic carbocycles. The number of hydrogen-bond donors (Lipinski definition) is 2. The van der Waals surface area contributed by atoms with Crippen molar-refractivity contribution in [2.75, 3.05) is 31.6 Å². The van der Waals surface area contributed by atoms with Gasteiger partial charge < -0.3 is 15.5 Å². The first-order chi connectivity index (χ1) is 8.61. The number of anilines is 1.